The first-order valence-corrected chi connectivity index (χ1v) is 6.21. The molecule has 2 rings (SSSR count). The summed E-state index contributed by atoms with van der Waals surface area (Å²) in [7, 11) is 0. The number of benzene rings is 1. The Morgan fingerprint density at radius 2 is 2.26 bits per heavy atom. The third-order valence-electron chi connectivity index (χ3n) is 2.83. The number of nitrogens with two attached hydrogens (primary N) is 1. The molecule has 5 heteroatoms. The highest BCUT2D eigenvalue weighted by atomic mass is 16.5. The van der Waals surface area contributed by atoms with Crippen LogP contribution in [0.25, 0.3) is 5.69 Å². The van der Waals surface area contributed by atoms with Crippen LogP contribution in [-0.4, -0.2) is 22.4 Å². The van der Waals surface area contributed by atoms with Crippen LogP contribution in [0.1, 0.15) is 29.3 Å². The Labute approximate surface area is 112 Å². The van der Waals surface area contributed by atoms with Gasteiger partial charge in [0.2, 0.25) is 0 Å². The monoisotopic (exact) mass is 259 g/mol. The highest BCUT2D eigenvalue weighted by Crippen LogP contribution is 2.25. The van der Waals surface area contributed by atoms with Gasteiger partial charge >= 0.3 is 5.97 Å². The normalized spacial score (nSPS) is 10.4. The summed E-state index contributed by atoms with van der Waals surface area (Å²) in [6.45, 7) is 4.19. The number of rotatable bonds is 4. The minimum Gasteiger partial charge on any atom is -0.462 e. The van der Waals surface area contributed by atoms with Gasteiger partial charge in [0, 0.05) is 12.4 Å². The lowest BCUT2D eigenvalue weighted by Crippen LogP contribution is -2.14. The van der Waals surface area contributed by atoms with Crippen molar-refractivity contribution in [1.29, 1.82) is 0 Å². The quantitative estimate of drug-likeness (QED) is 0.675. The number of aromatic nitrogens is 2. The van der Waals surface area contributed by atoms with E-state index in [4.69, 9.17) is 10.5 Å². The molecule has 0 atom stereocenters. The summed E-state index contributed by atoms with van der Waals surface area (Å²) in [4.78, 5) is 12.1. The maximum absolute atomic E-state index is 12.1. The van der Waals surface area contributed by atoms with Crippen molar-refractivity contribution >= 4 is 11.7 Å². The zero-order valence-corrected chi connectivity index (χ0v) is 11.1. The number of carbonyl (C=O) groups is 1. The summed E-state index contributed by atoms with van der Waals surface area (Å²) in [6.07, 6.45) is 4.19. The van der Waals surface area contributed by atoms with Crippen LogP contribution in [0.4, 0.5) is 5.69 Å². The largest absolute Gasteiger partial charge is 0.462 e. The molecule has 1 heterocycles. The lowest BCUT2D eigenvalue weighted by atomic mass is 10.1. The summed E-state index contributed by atoms with van der Waals surface area (Å²) >= 11 is 0. The molecule has 0 amide bonds. The van der Waals surface area contributed by atoms with Gasteiger partial charge in [-0.3, -0.25) is 0 Å². The van der Waals surface area contributed by atoms with Crippen LogP contribution in [0, 0.1) is 6.92 Å². The third kappa shape index (κ3) is 2.59. The molecule has 0 radical (unpaired) electrons. The minimum absolute atomic E-state index is 0.372. The number of anilines is 1. The lowest BCUT2D eigenvalue weighted by Gasteiger charge is -2.13. The van der Waals surface area contributed by atoms with Gasteiger partial charge in [0.15, 0.2) is 0 Å². The molecule has 0 aliphatic heterocycles. The SMILES string of the molecule is CCCOC(=O)c1c(-n2cccn2)ccc(C)c1N. The number of esters is 1. The van der Waals surface area contributed by atoms with Gasteiger partial charge in [0.1, 0.15) is 5.56 Å². The van der Waals surface area contributed by atoms with Gasteiger partial charge in [-0.1, -0.05) is 13.0 Å². The van der Waals surface area contributed by atoms with Crippen molar-refractivity contribution in [3.8, 4) is 5.69 Å². The van der Waals surface area contributed by atoms with Crippen molar-refractivity contribution < 1.29 is 9.53 Å². The lowest BCUT2D eigenvalue weighted by molar-refractivity contribution is 0.0506. The molecule has 0 saturated heterocycles. The van der Waals surface area contributed by atoms with Gasteiger partial charge in [-0.2, -0.15) is 5.10 Å². The van der Waals surface area contributed by atoms with Crippen molar-refractivity contribution in [1.82, 2.24) is 9.78 Å². The summed E-state index contributed by atoms with van der Waals surface area (Å²) < 4.78 is 6.80. The number of carbonyl (C=O) groups excluding carboxylic acids is 1. The molecule has 5 nitrogen and oxygen atoms in total. The van der Waals surface area contributed by atoms with Gasteiger partial charge in [-0.25, -0.2) is 9.48 Å². The minimum atomic E-state index is -0.409. The summed E-state index contributed by atoms with van der Waals surface area (Å²) in [5, 5.41) is 4.13. The van der Waals surface area contributed by atoms with Gasteiger partial charge < -0.3 is 10.5 Å². The molecular formula is C14H17N3O2. The molecule has 0 fully saturated rings. The Morgan fingerprint density at radius 1 is 1.47 bits per heavy atom. The molecular weight excluding hydrogens is 242 g/mol. The predicted octanol–water partition coefficient (Wildman–Crippen LogP) is 2.33. The van der Waals surface area contributed by atoms with E-state index in [-0.39, 0.29) is 0 Å². The van der Waals surface area contributed by atoms with Crippen molar-refractivity contribution in [2.24, 2.45) is 0 Å². The van der Waals surface area contributed by atoms with E-state index in [1.807, 2.05) is 26.0 Å². The predicted molar refractivity (Wildman–Crippen MR) is 73.3 cm³/mol. The fourth-order valence-corrected chi connectivity index (χ4v) is 1.80. The average Bonchev–Trinajstić information content (AvgIpc) is 2.92. The third-order valence-corrected chi connectivity index (χ3v) is 2.83. The van der Waals surface area contributed by atoms with Crippen LogP contribution in [0.2, 0.25) is 0 Å². The molecule has 19 heavy (non-hydrogen) atoms. The fourth-order valence-electron chi connectivity index (χ4n) is 1.80. The molecule has 0 unspecified atom stereocenters. The molecule has 100 valence electrons. The number of hydrogen-bond donors (Lipinski definition) is 1. The van der Waals surface area contributed by atoms with E-state index in [9.17, 15) is 4.79 Å². The number of aryl methyl sites for hydroxylation is 1. The van der Waals surface area contributed by atoms with Crippen LogP contribution in [0.15, 0.2) is 30.6 Å². The van der Waals surface area contributed by atoms with E-state index in [2.05, 4.69) is 5.10 Å². The highest BCUT2D eigenvalue weighted by molar-refractivity contribution is 5.99. The van der Waals surface area contributed by atoms with E-state index >= 15 is 0 Å². The van der Waals surface area contributed by atoms with E-state index in [0.29, 0.717) is 23.5 Å². The van der Waals surface area contributed by atoms with Crippen molar-refractivity contribution in [2.75, 3.05) is 12.3 Å². The first-order chi connectivity index (χ1) is 9.15. The molecule has 2 N–H and O–H groups in total. The van der Waals surface area contributed by atoms with E-state index in [1.54, 1.807) is 23.1 Å². The van der Waals surface area contributed by atoms with Crippen LogP contribution >= 0.6 is 0 Å². The van der Waals surface area contributed by atoms with Crippen LogP contribution in [0.5, 0.6) is 0 Å². The van der Waals surface area contributed by atoms with Crippen LogP contribution < -0.4 is 5.73 Å². The van der Waals surface area contributed by atoms with Gasteiger partial charge in [0.25, 0.3) is 0 Å². The summed E-state index contributed by atoms with van der Waals surface area (Å²) in [5.74, 6) is -0.409. The van der Waals surface area contributed by atoms with Crippen LogP contribution in [0.3, 0.4) is 0 Å². The molecule has 0 aliphatic carbocycles. The number of ether oxygens (including phenoxy) is 1. The number of nitrogens with zero attached hydrogens (tertiary/aromatic N) is 2. The van der Waals surface area contributed by atoms with Crippen molar-refractivity contribution in [3.05, 3.63) is 41.7 Å². The topological polar surface area (TPSA) is 70.1 Å². The molecule has 0 aliphatic rings. The summed E-state index contributed by atoms with van der Waals surface area (Å²) in [6, 6.07) is 5.47. The van der Waals surface area contributed by atoms with Gasteiger partial charge in [-0.05, 0) is 31.0 Å². The summed E-state index contributed by atoms with van der Waals surface area (Å²) in [5.41, 5.74) is 8.31. The van der Waals surface area contributed by atoms with Crippen molar-refractivity contribution in [2.45, 2.75) is 20.3 Å². The first-order valence-electron chi connectivity index (χ1n) is 6.21. The standard InChI is InChI=1S/C14H17N3O2/c1-3-9-19-14(18)12-11(17-8-4-7-16-17)6-5-10(2)13(12)15/h4-8H,3,9,15H2,1-2H3. The van der Waals surface area contributed by atoms with Gasteiger partial charge in [-0.15, -0.1) is 0 Å². The second kappa shape index (κ2) is 5.56. The van der Waals surface area contributed by atoms with E-state index in [1.165, 1.54) is 0 Å². The molecule has 1 aromatic heterocycles. The maximum atomic E-state index is 12.1. The highest BCUT2D eigenvalue weighted by Gasteiger charge is 2.19. The molecule has 0 saturated carbocycles. The Bertz CT molecular complexity index is 577. The molecule has 1 aromatic carbocycles. The zero-order valence-electron chi connectivity index (χ0n) is 11.1. The Morgan fingerprint density at radius 3 is 2.89 bits per heavy atom. The number of nitrogen functional groups attached to an aromatic ring is 1. The fraction of sp³-hybridized carbons (Fsp3) is 0.286. The van der Waals surface area contributed by atoms with E-state index in [0.717, 1.165) is 12.0 Å². The molecule has 0 bridgehead atoms. The second-order valence-electron chi connectivity index (χ2n) is 4.28. The average molecular weight is 259 g/mol. The first kappa shape index (κ1) is 13.1. The second-order valence-corrected chi connectivity index (χ2v) is 4.28. The zero-order chi connectivity index (χ0) is 13.8. The van der Waals surface area contributed by atoms with E-state index < -0.39 is 5.97 Å². The van der Waals surface area contributed by atoms with Crippen molar-refractivity contribution in [3.63, 3.8) is 0 Å². The Balaban J connectivity index is 2.50. The number of hydrogen-bond acceptors (Lipinski definition) is 4. The smallest absolute Gasteiger partial charge is 0.342 e. The van der Waals surface area contributed by atoms with Crippen LogP contribution in [-0.2, 0) is 4.74 Å². The maximum Gasteiger partial charge on any atom is 0.342 e. The Hall–Kier alpha value is -2.30. The van der Waals surface area contributed by atoms with Gasteiger partial charge in [0.05, 0.1) is 18.0 Å². The molecule has 2 aromatic rings. The Kier molecular flexibility index (Phi) is 3.85. The molecule has 0 spiro atoms.